The Morgan fingerprint density at radius 2 is 1.06 bits per heavy atom. The molecule has 77 heavy (non-hydrogen) atoms. The van der Waals surface area contributed by atoms with Gasteiger partial charge in [0.25, 0.3) is 6.71 Å². The van der Waals surface area contributed by atoms with Crippen LogP contribution in [0.25, 0.3) is 33.6 Å². The molecule has 6 aliphatic rings. The molecule has 0 saturated heterocycles. The predicted molar refractivity (Wildman–Crippen MR) is 330 cm³/mol. The van der Waals surface area contributed by atoms with E-state index in [0.717, 1.165) is 27.6 Å². The summed E-state index contributed by atoms with van der Waals surface area (Å²) in [7, 11) is 0. The highest BCUT2D eigenvalue weighted by Gasteiger charge is 2.56. The van der Waals surface area contributed by atoms with E-state index in [4.69, 9.17) is 4.42 Å². The second kappa shape index (κ2) is 16.0. The third-order valence-corrected chi connectivity index (χ3v) is 21.4. The van der Waals surface area contributed by atoms with Gasteiger partial charge in [-0.05, 0) is 199 Å². The first kappa shape index (κ1) is 49.1. The zero-order chi connectivity index (χ0) is 53.7. The van der Waals surface area contributed by atoms with Gasteiger partial charge in [0.2, 0.25) is 0 Å². The quantitative estimate of drug-likeness (QED) is 0.164. The normalized spacial score (nSPS) is 23.5. The van der Waals surface area contributed by atoms with E-state index in [-0.39, 0.29) is 44.6 Å². The van der Waals surface area contributed by atoms with Crippen LogP contribution in [0.5, 0.6) is 0 Å². The molecule has 3 heterocycles. The van der Waals surface area contributed by atoms with Crippen molar-refractivity contribution in [2.45, 2.75) is 181 Å². The maximum absolute atomic E-state index is 6.75. The van der Waals surface area contributed by atoms with E-state index in [1.165, 1.54) is 146 Å². The molecule has 4 aliphatic carbocycles. The van der Waals surface area contributed by atoms with Crippen LogP contribution in [-0.4, -0.2) is 6.71 Å². The van der Waals surface area contributed by atoms with Crippen LogP contribution < -0.4 is 26.2 Å². The topological polar surface area (TPSA) is 19.6 Å². The van der Waals surface area contributed by atoms with Crippen molar-refractivity contribution in [3.63, 3.8) is 0 Å². The molecule has 0 amide bonds. The van der Waals surface area contributed by atoms with Crippen molar-refractivity contribution in [1.29, 1.82) is 0 Å². The van der Waals surface area contributed by atoms with Crippen molar-refractivity contribution >= 4 is 90.8 Å². The average Bonchev–Trinajstić information content (AvgIpc) is 3.96. The zero-order valence-electron chi connectivity index (χ0n) is 48.7. The van der Waals surface area contributed by atoms with Crippen LogP contribution in [0.4, 0.5) is 34.1 Å². The number of aryl methyl sites for hydroxylation is 1. The Balaban J connectivity index is 1.05. The van der Waals surface area contributed by atoms with Crippen molar-refractivity contribution in [2.75, 3.05) is 9.80 Å². The monoisotopic (exact) mass is 1010 g/mol. The highest BCUT2D eigenvalue weighted by atomic mass is 16.3. The molecule has 0 radical (unpaired) electrons. The molecule has 0 spiro atoms. The lowest BCUT2D eigenvalue weighted by molar-refractivity contribution is 0.165. The molecule has 1 fully saturated rings. The van der Waals surface area contributed by atoms with E-state index in [1.54, 1.807) is 5.56 Å². The number of nitrogens with zero attached hydrogens (tertiary/aromatic N) is 2. The largest absolute Gasteiger partial charge is 0.456 e. The fourth-order valence-electron chi connectivity index (χ4n) is 16.2. The molecule has 1 aromatic heterocycles. The van der Waals surface area contributed by atoms with E-state index < -0.39 is 0 Å². The van der Waals surface area contributed by atoms with Crippen LogP contribution in [0.1, 0.15) is 191 Å². The maximum Gasteiger partial charge on any atom is 0.252 e. The van der Waals surface area contributed by atoms with E-state index >= 15 is 0 Å². The lowest BCUT2D eigenvalue weighted by atomic mass is 9.33. The summed E-state index contributed by atoms with van der Waals surface area (Å²) in [6, 6.07) is 48.4. The highest BCUT2D eigenvalue weighted by molar-refractivity contribution is 7.00. The third kappa shape index (κ3) is 6.94. The Labute approximate surface area is 460 Å². The Hall–Kier alpha value is -6.26. The number of fused-ring (bicyclic) bond motifs is 12. The first-order valence-corrected chi connectivity index (χ1v) is 29.4. The lowest BCUT2D eigenvalue weighted by Crippen LogP contribution is -2.62. The Bertz CT molecular complexity index is 3890. The van der Waals surface area contributed by atoms with E-state index in [0.29, 0.717) is 0 Å². The molecule has 2 unspecified atom stereocenters. The van der Waals surface area contributed by atoms with Crippen molar-refractivity contribution in [2.24, 2.45) is 5.41 Å². The minimum absolute atomic E-state index is 0.0102. The summed E-state index contributed by atoms with van der Waals surface area (Å²) in [5.74, 6) is 0. The highest BCUT2D eigenvalue weighted by Crippen LogP contribution is 2.66. The SMILES string of the molecule is Cc1cc2c3c(c1)N(c1ccc4c(c1)C(C)(C)CCC4(C)C)c1cc4c(cc1B3c1ccc(/C=C3\c5ccc(C(C)(C)C)cc5C5(C)CCCCC35C)cc1N2c1ccc2c(c1)oc1ccccc12)C(C)(C)CCC4(C)C. The Kier molecular flexibility index (Phi) is 10.2. The smallest absolute Gasteiger partial charge is 0.252 e. The predicted octanol–water partition coefficient (Wildman–Crippen LogP) is 18.4. The molecule has 0 N–H and O–H groups in total. The molecule has 1 saturated carbocycles. The standard InChI is InChI=1S/C73H79BN2O/c1-44-35-62-66-63(36-44)76(48-23-26-50-49-19-15-16-20-64(49)77-65(50)41-48)60-38-45(37-53-51-25-22-46(67(2,3)4)39-54(51)73(14)30-18-17-29-72(53,73)13)21-28-58(60)74(66)59-42-56-57(71(11,12)34-33-70(56,9)10)43-61(59)75(62)47-24-27-52-55(40-47)69(7,8)32-31-68(52,5)6/h15-16,19-28,35-43H,17-18,29-34H2,1-14H3/b53-37+. The lowest BCUT2D eigenvalue weighted by Gasteiger charge is -2.48. The van der Waals surface area contributed by atoms with Crippen LogP contribution in [-0.2, 0) is 32.5 Å². The number of furan rings is 1. The second-order valence-corrected chi connectivity index (χ2v) is 29.1. The second-order valence-electron chi connectivity index (χ2n) is 29.1. The summed E-state index contributed by atoms with van der Waals surface area (Å²) in [6.07, 6.45) is 12.3. The van der Waals surface area contributed by atoms with Crippen LogP contribution in [0, 0.1) is 12.3 Å². The summed E-state index contributed by atoms with van der Waals surface area (Å²) in [5, 5.41) is 2.31. The number of allylic oxidation sites excluding steroid dienone is 1. The minimum atomic E-state index is 0.0102. The summed E-state index contributed by atoms with van der Waals surface area (Å²) >= 11 is 0. The van der Waals surface area contributed by atoms with Gasteiger partial charge in [0.1, 0.15) is 11.2 Å². The molecule has 7 aromatic carbocycles. The molecule has 3 nitrogen and oxygen atoms in total. The fraction of sp³-hybridized carbons (Fsp3) is 0.397. The van der Waals surface area contributed by atoms with E-state index in [1.807, 2.05) is 0 Å². The van der Waals surface area contributed by atoms with Crippen LogP contribution in [0.3, 0.4) is 0 Å². The van der Waals surface area contributed by atoms with Crippen LogP contribution in [0.15, 0.2) is 126 Å². The van der Waals surface area contributed by atoms with Gasteiger partial charge in [0, 0.05) is 61.8 Å². The van der Waals surface area contributed by atoms with Gasteiger partial charge in [-0.25, -0.2) is 0 Å². The van der Waals surface area contributed by atoms with Gasteiger partial charge in [-0.2, -0.15) is 0 Å². The Morgan fingerprint density at radius 3 is 1.75 bits per heavy atom. The number of hydrogen-bond donors (Lipinski definition) is 0. The van der Waals surface area contributed by atoms with E-state index in [9.17, 15) is 0 Å². The summed E-state index contributed by atoms with van der Waals surface area (Å²) < 4.78 is 6.75. The van der Waals surface area contributed by atoms with E-state index in [2.05, 4.69) is 234 Å². The number of rotatable bonds is 3. The number of para-hydroxylation sites is 1. The molecular formula is C73H79BN2O. The van der Waals surface area contributed by atoms with Crippen molar-refractivity contribution in [3.8, 4) is 0 Å². The van der Waals surface area contributed by atoms with Gasteiger partial charge >= 0.3 is 0 Å². The maximum atomic E-state index is 6.75. The van der Waals surface area contributed by atoms with Gasteiger partial charge in [-0.1, -0.05) is 170 Å². The van der Waals surface area contributed by atoms with Gasteiger partial charge in [0.15, 0.2) is 0 Å². The average molecular weight is 1010 g/mol. The molecular weight excluding hydrogens is 932 g/mol. The van der Waals surface area contributed by atoms with Crippen LogP contribution in [0.2, 0.25) is 0 Å². The number of benzene rings is 7. The van der Waals surface area contributed by atoms with Gasteiger partial charge in [-0.3, -0.25) is 0 Å². The van der Waals surface area contributed by atoms with Crippen LogP contribution >= 0.6 is 0 Å². The van der Waals surface area contributed by atoms with Crippen molar-refractivity contribution in [1.82, 2.24) is 0 Å². The van der Waals surface area contributed by atoms with Gasteiger partial charge < -0.3 is 14.2 Å². The summed E-state index contributed by atoms with van der Waals surface area (Å²) in [6.45, 7) is 34.4. The molecule has 390 valence electrons. The Morgan fingerprint density at radius 1 is 0.481 bits per heavy atom. The fourth-order valence-corrected chi connectivity index (χ4v) is 16.2. The molecule has 2 aliphatic heterocycles. The van der Waals surface area contributed by atoms with Crippen molar-refractivity contribution < 1.29 is 4.42 Å². The summed E-state index contributed by atoms with van der Waals surface area (Å²) in [4.78, 5) is 5.31. The van der Waals surface area contributed by atoms with Gasteiger partial charge in [0.05, 0.1) is 0 Å². The molecule has 4 heteroatoms. The van der Waals surface area contributed by atoms with Crippen molar-refractivity contribution in [3.05, 3.63) is 171 Å². The third-order valence-electron chi connectivity index (χ3n) is 21.4. The minimum Gasteiger partial charge on any atom is -0.456 e. The number of anilines is 6. The van der Waals surface area contributed by atoms with Gasteiger partial charge in [-0.15, -0.1) is 0 Å². The first-order chi connectivity index (χ1) is 36.4. The number of hydrogen-bond acceptors (Lipinski definition) is 3. The molecule has 8 aromatic rings. The zero-order valence-corrected chi connectivity index (χ0v) is 48.7. The first-order valence-electron chi connectivity index (χ1n) is 29.4. The molecule has 2 atom stereocenters. The molecule has 14 rings (SSSR count). The molecule has 0 bridgehead atoms. The summed E-state index contributed by atoms with van der Waals surface area (Å²) in [5.41, 5.74) is 28.4.